The first kappa shape index (κ1) is 7.30. The van der Waals surface area contributed by atoms with Gasteiger partial charge in [-0.1, -0.05) is 24.5 Å². The Kier molecular flexibility index (Phi) is 4.07. The molecule has 0 aliphatic carbocycles. The van der Waals surface area contributed by atoms with Crippen LogP contribution in [0.1, 0.15) is 20.3 Å². The van der Waals surface area contributed by atoms with Crippen LogP contribution < -0.4 is 0 Å². The minimum Gasteiger partial charge on any atom is -0.119 e. The van der Waals surface area contributed by atoms with Gasteiger partial charge in [-0.05, 0) is 13.3 Å². The Labute approximate surface area is 51.6 Å². The van der Waals surface area contributed by atoms with Gasteiger partial charge in [0, 0.05) is 0 Å². The van der Waals surface area contributed by atoms with E-state index in [1.807, 2.05) is 6.92 Å². The molecule has 0 heterocycles. The Hall–Kier alpha value is -0.700. The van der Waals surface area contributed by atoms with E-state index in [9.17, 15) is 0 Å². The maximum absolute atomic E-state index is 5.01. The summed E-state index contributed by atoms with van der Waals surface area (Å²) in [5, 5.41) is 0. The third kappa shape index (κ3) is 3.49. The van der Waals surface area contributed by atoms with Gasteiger partial charge in [0.15, 0.2) is 0 Å². The normalized spacial score (nSPS) is 10.9. The van der Waals surface area contributed by atoms with E-state index in [0.717, 1.165) is 6.42 Å². The molecular weight excluding hydrogens is 96.1 g/mol. The second-order valence-electron chi connectivity index (χ2n) is 1.67. The van der Waals surface area contributed by atoms with Crippen LogP contribution in [0.3, 0.4) is 0 Å². The van der Waals surface area contributed by atoms with Gasteiger partial charge < -0.3 is 0 Å². The molecule has 0 aromatic heterocycles. The van der Waals surface area contributed by atoms with Gasteiger partial charge in [-0.15, -0.1) is 6.42 Å². The highest BCUT2D eigenvalue weighted by Gasteiger charge is 1.80. The predicted molar refractivity (Wildman–Crippen MR) is 37.2 cm³/mol. The predicted octanol–water partition coefficient (Wildman–Crippen LogP) is 2.18. The van der Waals surface area contributed by atoms with Gasteiger partial charge in [0.1, 0.15) is 0 Å². The fourth-order valence-corrected chi connectivity index (χ4v) is 0.512. The Balaban J connectivity index is 3.49. The molecule has 0 unspecified atom stereocenters. The number of rotatable bonds is 2. The van der Waals surface area contributed by atoms with E-state index in [0.29, 0.717) is 0 Å². The Morgan fingerprint density at radius 3 is 2.75 bits per heavy atom. The number of allylic oxidation sites excluding steroid dienone is 2. The maximum Gasteiger partial charge on any atom is 0.0582 e. The van der Waals surface area contributed by atoms with Crippen molar-refractivity contribution < 1.29 is 0 Å². The summed E-state index contributed by atoms with van der Waals surface area (Å²) >= 11 is 0. The summed E-state index contributed by atoms with van der Waals surface area (Å²) in [6.45, 7) is 4.09. The molecule has 0 spiro atoms. The minimum absolute atomic E-state index is 1.06. The standard InChI is InChI=1S/C8H11/c1-4-6-8(3)7-5-2/h1,6-7H,5H2,2-3H3/b8-7+. The zero-order valence-electron chi connectivity index (χ0n) is 5.44. The van der Waals surface area contributed by atoms with E-state index in [2.05, 4.69) is 18.9 Å². The van der Waals surface area contributed by atoms with Crippen molar-refractivity contribution in [2.75, 3.05) is 0 Å². The molecule has 0 fully saturated rings. The average Bonchev–Trinajstić information content (AvgIpc) is 1.68. The van der Waals surface area contributed by atoms with Crippen LogP contribution in [-0.4, -0.2) is 0 Å². The van der Waals surface area contributed by atoms with E-state index < -0.39 is 0 Å². The number of hydrogen-bond acceptors (Lipinski definition) is 0. The highest BCUT2D eigenvalue weighted by molar-refractivity contribution is 5.22. The Morgan fingerprint density at radius 2 is 2.38 bits per heavy atom. The van der Waals surface area contributed by atoms with Crippen LogP contribution in [0.15, 0.2) is 11.6 Å². The van der Waals surface area contributed by atoms with Crippen LogP contribution in [0.4, 0.5) is 0 Å². The lowest BCUT2D eigenvalue weighted by Gasteiger charge is -1.87. The van der Waals surface area contributed by atoms with Gasteiger partial charge in [0.25, 0.3) is 0 Å². The molecule has 0 aromatic rings. The van der Waals surface area contributed by atoms with Crippen molar-refractivity contribution in [3.05, 3.63) is 18.1 Å². The third-order valence-electron chi connectivity index (χ3n) is 0.837. The minimum atomic E-state index is 1.06. The van der Waals surface area contributed by atoms with Crippen molar-refractivity contribution in [3.8, 4) is 12.3 Å². The molecular formula is C8H11. The van der Waals surface area contributed by atoms with Crippen LogP contribution in [0.2, 0.25) is 0 Å². The van der Waals surface area contributed by atoms with E-state index >= 15 is 0 Å². The summed E-state index contributed by atoms with van der Waals surface area (Å²) < 4.78 is 0. The largest absolute Gasteiger partial charge is 0.119 e. The molecule has 0 nitrogen and oxygen atoms in total. The molecule has 0 aliphatic rings. The van der Waals surface area contributed by atoms with Crippen LogP contribution in [0.5, 0.6) is 0 Å². The van der Waals surface area contributed by atoms with Crippen molar-refractivity contribution in [2.45, 2.75) is 20.3 Å². The highest BCUT2D eigenvalue weighted by Crippen LogP contribution is 1.96. The SMILES string of the molecule is C#C[CH]/C(C)=C/CC. The molecule has 0 aliphatic heterocycles. The monoisotopic (exact) mass is 107 g/mol. The van der Waals surface area contributed by atoms with Crippen LogP contribution in [0.25, 0.3) is 0 Å². The molecule has 43 valence electrons. The Bertz CT molecular complexity index is 112. The van der Waals surface area contributed by atoms with E-state index in [-0.39, 0.29) is 0 Å². The van der Waals surface area contributed by atoms with Crippen LogP contribution in [0, 0.1) is 18.8 Å². The summed E-state index contributed by atoms with van der Waals surface area (Å²) in [4.78, 5) is 0. The third-order valence-corrected chi connectivity index (χ3v) is 0.837. The zero-order valence-corrected chi connectivity index (χ0v) is 5.44. The second kappa shape index (κ2) is 4.46. The van der Waals surface area contributed by atoms with Crippen molar-refractivity contribution in [1.82, 2.24) is 0 Å². The summed E-state index contributed by atoms with van der Waals surface area (Å²) in [5.41, 5.74) is 1.18. The first-order chi connectivity index (χ1) is 3.81. The van der Waals surface area contributed by atoms with E-state index in [4.69, 9.17) is 6.42 Å². The van der Waals surface area contributed by atoms with Crippen molar-refractivity contribution in [1.29, 1.82) is 0 Å². The van der Waals surface area contributed by atoms with Crippen molar-refractivity contribution in [3.63, 3.8) is 0 Å². The fraction of sp³-hybridized carbons (Fsp3) is 0.375. The lowest BCUT2D eigenvalue weighted by Crippen LogP contribution is -1.71. The zero-order chi connectivity index (χ0) is 6.41. The highest BCUT2D eigenvalue weighted by atomic mass is 13.8. The molecule has 0 saturated heterocycles. The van der Waals surface area contributed by atoms with Crippen LogP contribution in [-0.2, 0) is 0 Å². The molecule has 0 aromatic carbocycles. The molecule has 8 heavy (non-hydrogen) atoms. The molecule has 0 amide bonds. The molecule has 0 heteroatoms. The lowest BCUT2D eigenvalue weighted by atomic mass is 10.2. The first-order valence-electron chi connectivity index (χ1n) is 2.77. The van der Waals surface area contributed by atoms with Crippen molar-refractivity contribution >= 4 is 0 Å². The number of hydrogen-bond donors (Lipinski definition) is 0. The van der Waals surface area contributed by atoms with Gasteiger partial charge >= 0.3 is 0 Å². The van der Waals surface area contributed by atoms with Crippen molar-refractivity contribution in [2.24, 2.45) is 0 Å². The second-order valence-corrected chi connectivity index (χ2v) is 1.67. The van der Waals surface area contributed by atoms with Gasteiger partial charge in [-0.3, -0.25) is 0 Å². The maximum atomic E-state index is 5.01. The summed E-state index contributed by atoms with van der Waals surface area (Å²) in [7, 11) is 0. The van der Waals surface area contributed by atoms with Crippen LogP contribution >= 0.6 is 0 Å². The molecule has 1 radical (unpaired) electrons. The summed E-state index contributed by atoms with van der Waals surface area (Å²) in [6.07, 6.45) is 9.94. The lowest BCUT2D eigenvalue weighted by molar-refractivity contribution is 1.19. The smallest absolute Gasteiger partial charge is 0.0582 e. The summed E-state index contributed by atoms with van der Waals surface area (Å²) in [6, 6.07) is 0. The van der Waals surface area contributed by atoms with Gasteiger partial charge in [0.05, 0.1) is 6.42 Å². The molecule has 0 bridgehead atoms. The van der Waals surface area contributed by atoms with Gasteiger partial charge in [0.2, 0.25) is 0 Å². The molecule has 0 N–H and O–H groups in total. The van der Waals surface area contributed by atoms with Gasteiger partial charge in [-0.2, -0.15) is 0 Å². The molecule has 0 rings (SSSR count). The fourth-order valence-electron chi connectivity index (χ4n) is 0.512. The Morgan fingerprint density at radius 1 is 1.75 bits per heavy atom. The topological polar surface area (TPSA) is 0 Å². The van der Waals surface area contributed by atoms with Gasteiger partial charge in [-0.25, -0.2) is 0 Å². The molecule has 0 saturated carbocycles. The quantitative estimate of drug-likeness (QED) is 0.474. The average molecular weight is 107 g/mol. The van der Waals surface area contributed by atoms with E-state index in [1.165, 1.54) is 5.57 Å². The summed E-state index contributed by atoms with van der Waals surface area (Å²) in [5.74, 6) is 2.46. The van der Waals surface area contributed by atoms with E-state index in [1.54, 1.807) is 6.42 Å². The first-order valence-corrected chi connectivity index (χ1v) is 2.77. The molecule has 0 atom stereocenters. The number of terminal acetylenes is 1.